The highest BCUT2D eigenvalue weighted by Crippen LogP contribution is 2.26. The predicted molar refractivity (Wildman–Crippen MR) is 135 cm³/mol. The zero-order valence-corrected chi connectivity index (χ0v) is 20.0. The number of benzene rings is 1. The maximum atomic E-state index is 13.1. The highest BCUT2D eigenvalue weighted by molar-refractivity contribution is 6.11. The molecule has 0 atom stereocenters. The maximum absolute atomic E-state index is 13.1. The van der Waals surface area contributed by atoms with Crippen LogP contribution in [0.2, 0.25) is 0 Å². The van der Waals surface area contributed by atoms with Crippen molar-refractivity contribution in [2.45, 2.75) is 13.1 Å². The van der Waals surface area contributed by atoms with Gasteiger partial charge in [-0.05, 0) is 55.6 Å². The van der Waals surface area contributed by atoms with E-state index in [2.05, 4.69) is 41.3 Å². The van der Waals surface area contributed by atoms with Gasteiger partial charge in [0.2, 0.25) is 0 Å². The normalized spacial score (nSPS) is 14.5. The molecule has 0 aliphatic carbocycles. The van der Waals surface area contributed by atoms with Crippen LogP contribution in [-0.4, -0.2) is 76.3 Å². The SMILES string of the molecule is CN(C)Cc1cncc(-c2ccc3[nH]nc(C(=O)Nc4ccc(CN5CCOCC5)nc4)c3c2)c1. The highest BCUT2D eigenvalue weighted by Gasteiger charge is 2.16. The average Bonchev–Trinajstić information content (AvgIpc) is 3.29. The van der Waals surface area contributed by atoms with Gasteiger partial charge in [-0.3, -0.25) is 24.8 Å². The number of rotatable bonds is 7. The number of anilines is 1. The number of hydrogen-bond donors (Lipinski definition) is 2. The highest BCUT2D eigenvalue weighted by atomic mass is 16.5. The monoisotopic (exact) mass is 471 g/mol. The molecule has 2 N–H and O–H groups in total. The Bertz CT molecular complexity index is 1310. The molecule has 1 saturated heterocycles. The van der Waals surface area contributed by atoms with Gasteiger partial charge in [-0.2, -0.15) is 5.10 Å². The Morgan fingerprint density at radius 1 is 1.09 bits per heavy atom. The van der Waals surface area contributed by atoms with Crippen molar-refractivity contribution in [1.82, 2.24) is 30.0 Å². The first-order valence-electron chi connectivity index (χ1n) is 11.7. The summed E-state index contributed by atoms with van der Waals surface area (Å²) < 4.78 is 5.39. The average molecular weight is 472 g/mol. The number of pyridine rings is 2. The Morgan fingerprint density at radius 2 is 1.94 bits per heavy atom. The van der Waals surface area contributed by atoms with E-state index in [9.17, 15) is 4.79 Å². The van der Waals surface area contributed by atoms with E-state index in [1.54, 1.807) is 6.20 Å². The summed E-state index contributed by atoms with van der Waals surface area (Å²) in [5, 5.41) is 10.9. The number of carbonyl (C=O) groups excluding carboxylic acids is 1. The molecular formula is C26H29N7O2. The van der Waals surface area contributed by atoms with Gasteiger partial charge in [-0.1, -0.05) is 6.07 Å². The molecule has 0 unspecified atom stereocenters. The topological polar surface area (TPSA) is 99.3 Å². The van der Waals surface area contributed by atoms with E-state index in [1.165, 1.54) is 0 Å². The minimum atomic E-state index is -0.282. The van der Waals surface area contributed by atoms with Crippen molar-refractivity contribution in [2.75, 3.05) is 45.7 Å². The molecule has 4 aromatic rings. The first-order valence-corrected chi connectivity index (χ1v) is 11.7. The van der Waals surface area contributed by atoms with Crippen LogP contribution in [0.5, 0.6) is 0 Å². The summed E-state index contributed by atoms with van der Waals surface area (Å²) in [5.74, 6) is -0.282. The van der Waals surface area contributed by atoms with E-state index < -0.39 is 0 Å². The van der Waals surface area contributed by atoms with Gasteiger partial charge in [0.05, 0.1) is 36.3 Å². The Kier molecular flexibility index (Phi) is 6.80. The lowest BCUT2D eigenvalue weighted by atomic mass is 10.0. The molecular weight excluding hydrogens is 442 g/mol. The zero-order valence-electron chi connectivity index (χ0n) is 20.0. The minimum absolute atomic E-state index is 0.282. The number of nitrogens with one attached hydrogen (secondary N) is 2. The van der Waals surface area contributed by atoms with Crippen LogP contribution in [0, 0.1) is 0 Å². The molecule has 1 aromatic carbocycles. The van der Waals surface area contributed by atoms with E-state index in [0.717, 1.165) is 72.7 Å². The third kappa shape index (κ3) is 5.54. The first-order chi connectivity index (χ1) is 17.0. The Morgan fingerprint density at radius 3 is 2.71 bits per heavy atom. The van der Waals surface area contributed by atoms with Crippen LogP contribution < -0.4 is 5.32 Å². The van der Waals surface area contributed by atoms with Gasteiger partial charge >= 0.3 is 0 Å². The van der Waals surface area contributed by atoms with Crippen LogP contribution in [0.4, 0.5) is 5.69 Å². The molecule has 9 nitrogen and oxygen atoms in total. The lowest BCUT2D eigenvalue weighted by molar-refractivity contribution is 0.0336. The molecule has 180 valence electrons. The number of ether oxygens (including phenoxy) is 1. The second-order valence-electron chi connectivity index (χ2n) is 9.03. The van der Waals surface area contributed by atoms with Crippen LogP contribution in [-0.2, 0) is 17.8 Å². The van der Waals surface area contributed by atoms with Gasteiger partial charge in [0.25, 0.3) is 5.91 Å². The molecule has 1 fully saturated rings. The van der Waals surface area contributed by atoms with E-state index in [-0.39, 0.29) is 5.91 Å². The number of H-pyrrole nitrogens is 1. The van der Waals surface area contributed by atoms with Crippen molar-refractivity contribution in [2.24, 2.45) is 0 Å². The molecule has 1 amide bonds. The number of amides is 1. The number of fused-ring (bicyclic) bond motifs is 1. The number of aromatic amines is 1. The van der Waals surface area contributed by atoms with E-state index in [1.807, 2.05) is 56.8 Å². The van der Waals surface area contributed by atoms with Crippen LogP contribution in [0.3, 0.4) is 0 Å². The Labute approximate surface area is 204 Å². The fourth-order valence-electron chi connectivity index (χ4n) is 4.23. The molecule has 35 heavy (non-hydrogen) atoms. The van der Waals surface area contributed by atoms with Gasteiger partial charge in [0.15, 0.2) is 5.69 Å². The number of carbonyl (C=O) groups is 1. The first kappa shape index (κ1) is 23.1. The zero-order chi connectivity index (χ0) is 24.2. The van der Waals surface area contributed by atoms with Crippen molar-refractivity contribution in [1.29, 1.82) is 0 Å². The molecule has 9 heteroatoms. The molecule has 5 rings (SSSR count). The molecule has 0 spiro atoms. The van der Waals surface area contributed by atoms with E-state index in [0.29, 0.717) is 11.4 Å². The second-order valence-corrected chi connectivity index (χ2v) is 9.03. The van der Waals surface area contributed by atoms with Crippen molar-refractivity contribution in [3.63, 3.8) is 0 Å². The lowest BCUT2D eigenvalue weighted by Gasteiger charge is -2.26. The Balaban J connectivity index is 1.32. The smallest absolute Gasteiger partial charge is 0.276 e. The summed E-state index contributed by atoms with van der Waals surface area (Å²) in [4.78, 5) is 26.4. The standard InChI is InChI=1S/C26H29N7O2/c1-32(2)16-18-11-20(14-27-13-18)19-3-6-24-23(12-19)25(31-30-24)26(34)29-21-4-5-22(28-15-21)17-33-7-9-35-10-8-33/h3-6,11-15H,7-10,16-17H2,1-2H3,(H,29,34)(H,30,31). The van der Waals surface area contributed by atoms with Crippen LogP contribution in [0.25, 0.3) is 22.0 Å². The van der Waals surface area contributed by atoms with Crippen molar-refractivity contribution >= 4 is 22.5 Å². The summed E-state index contributed by atoms with van der Waals surface area (Å²) in [5.41, 5.74) is 5.85. The molecule has 0 radical (unpaired) electrons. The van der Waals surface area contributed by atoms with Gasteiger partial charge < -0.3 is 15.0 Å². The third-order valence-electron chi connectivity index (χ3n) is 5.98. The van der Waals surface area contributed by atoms with Crippen LogP contribution >= 0.6 is 0 Å². The summed E-state index contributed by atoms with van der Waals surface area (Å²) in [7, 11) is 4.06. The summed E-state index contributed by atoms with van der Waals surface area (Å²) >= 11 is 0. The van der Waals surface area contributed by atoms with Gasteiger partial charge in [-0.25, -0.2) is 0 Å². The fraction of sp³-hybridized carbons (Fsp3) is 0.308. The Hall–Kier alpha value is -3.66. The molecule has 1 aliphatic rings. The van der Waals surface area contributed by atoms with Crippen LogP contribution in [0.15, 0.2) is 55.0 Å². The number of aromatic nitrogens is 4. The largest absolute Gasteiger partial charge is 0.379 e. The number of nitrogens with zero attached hydrogens (tertiary/aromatic N) is 5. The van der Waals surface area contributed by atoms with Crippen molar-refractivity contribution < 1.29 is 9.53 Å². The number of hydrogen-bond acceptors (Lipinski definition) is 7. The lowest BCUT2D eigenvalue weighted by Crippen LogP contribution is -2.35. The minimum Gasteiger partial charge on any atom is -0.379 e. The van der Waals surface area contributed by atoms with E-state index >= 15 is 0 Å². The molecule has 3 aromatic heterocycles. The fourth-order valence-corrected chi connectivity index (χ4v) is 4.23. The summed E-state index contributed by atoms with van der Waals surface area (Å²) in [6, 6.07) is 11.9. The third-order valence-corrected chi connectivity index (χ3v) is 5.98. The molecule has 1 aliphatic heterocycles. The van der Waals surface area contributed by atoms with E-state index in [4.69, 9.17) is 4.74 Å². The quantitative estimate of drug-likeness (QED) is 0.427. The molecule has 4 heterocycles. The number of morpholine rings is 1. The van der Waals surface area contributed by atoms with Crippen molar-refractivity contribution in [3.05, 3.63) is 71.9 Å². The maximum Gasteiger partial charge on any atom is 0.276 e. The molecule has 0 bridgehead atoms. The second kappa shape index (κ2) is 10.3. The molecule has 0 saturated carbocycles. The summed E-state index contributed by atoms with van der Waals surface area (Å²) in [6.07, 6.45) is 5.40. The predicted octanol–water partition coefficient (Wildman–Crippen LogP) is 3.17. The van der Waals surface area contributed by atoms with Gasteiger partial charge in [0.1, 0.15) is 0 Å². The van der Waals surface area contributed by atoms with Gasteiger partial charge in [0, 0.05) is 49.5 Å². The van der Waals surface area contributed by atoms with Crippen molar-refractivity contribution in [3.8, 4) is 11.1 Å². The van der Waals surface area contributed by atoms with Crippen LogP contribution in [0.1, 0.15) is 21.7 Å². The summed E-state index contributed by atoms with van der Waals surface area (Å²) in [6.45, 7) is 4.91. The van der Waals surface area contributed by atoms with Gasteiger partial charge in [-0.15, -0.1) is 0 Å².